The second-order valence-electron chi connectivity index (χ2n) is 8.29. The number of benzene rings is 3. The summed E-state index contributed by atoms with van der Waals surface area (Å²) in [5, 5.41) is 9.06. The zero-order valence-electron chi connectivity index (χ0n) is 19.4. The van der Waals surface area contributed by atoms with E-state index in [0.29, 0.717) is 15.2 Å². The molecule has 3 aromatic carbocycles. The third kappa shape index (κ3) is 4.35. The zero-order chi connectivity index (χ0) is 25.5. The molecular weight excluding hydrogens is 530 g/mol. The van der Waals surface area contributed by atoms with Crippen molar-refractivity contribution in [2.45, 2.75) is 21.0 Å². The van der Waals surface area contributed by atoms with Gasteiger partial charge in [0.05, 0.1) is 17.0 Å². The number of anilines is 1. The van der Waals surface area contributed by atoms with Crippen molar-refractivity contribution in [1.29, 1.82) is 0 Å². The van der Waals surface area contributed by atoms with Crippen LogP contribution in [-0.2, 0) is 5.75 Å². The molecule has 5 aromatic rings. The largest absolute Gasteiger partial charge is 0.450 e. The second kappa shape index (κ2) is 9.77. The van der Waals surface area contributed by atoms with Crippen LogP contribution in [0.3, 0.4) is 0 Å². The molecule has 0 spiro atoms. The second-order valence-corrected chi connectivity index (χ2v) is 11.3. The standard InChI is InChI=1S/C27H18FN3O3S3/c1-35-18-10-7-16(8-11-18)22-21-23(32)19-13-17(28)9-12-20(19)34-24(21)25(33)31(22)26-29-30-27(37-26)36-14-15-5-3-2-4-6-15/h2-13,22H,14H2,1H3/t22-/m0/s1. The zero-order valence-corrected chi connectivity index (χ0v) is 21.8. The first-order valence-electron chi connectivity index (χ1n) is 11.3. The molecule has 0 saturated carbocycles. The van der Waals surface area contributed by atoms with Crippen molar-refractivity contribution in [3.05, 3.63) is 111 Å². The first-order chi connectivity index (χ1) is 18.0. The van der Waals surface area contributed by atoms with Crippen molar-refractivity contribution in [2.75, 3.05) is 11.2 Å². The van der Waals surface area contributed by atoms with Gasteiger partial charge in [-0.2, -0.15) is 0 Å². The maximum Gasteiger partial charge on any atom is 0.297 e. The summed E-state index contributed by atoms with van der Waals surface area (Å²) in [6.45, 7) is 0. The van der Waals surface area contributed by atoms with Crippen LogP contribution in [0.2, 0.25) is 0 Å². The Labute approximate surface area is 223 Å². The van der Waals surface area contributed by atoms with Crippen LogP contribution in [0.4, 0.5) is 9.52 Å². The summed E-state index contributed by atoms with van der Waals surface area (Å²) in [7, 11) is 0. The van der Waals surface area contributed by atoms with E-state index in [4.69, 9.17) is 4.42 Å². The SMILES string of the molecule is CSc1ccc([C@H]2c3c(oc4ccc(F)cc4c3=O)C(=O)N2c2nnc(SCc3ccccc3)s2)cc1. The van der Waals surface area contributed by atoms with E-state index in [0.717, 1.165) is 22.1 Å². The summed E-state index contributed by atoms with van der Waals surface area (Å²) in [6, 6.07) is 20.6. The number of hydrogen-bond donors (Lipinski definition) is 0. The van der Waals surface area contributed by atoms with Gasteiger partial charge in [0, 0.05) is 10.6 Å². The van der Waals surface area contributed by atoms with Crippen LogP contribution in [0.15, 0.2) is 91.2 Å². The number of hydrogen-bond acceptors (Lipinski definition) is 8. The predicted molar refractivity (Wildman–Crippen MR) is 145 cm³/mol. The lowest BCUT2D eigenvalue weighted by Gasteiger charge is -2.22. The minimum Gasteiger partial charge on any atom is -0.450 e. The molecule has 2 aromatic heterocycles. The molecule has 0 unspecified atom stereocenters. The minimum absolute atomic E-state index is 0.0586. The van der Waals surface area contributed by atoms with E-state index in [2.05, 4.69) is 10.2 Å². The van der Waals surface area contributed by atoms with Crippen molar-refractivity contribution in [3.8, 4) is 0 Å². The fraction of sp³-hybridized carbons (Fsp3) is 0.111. The first kappa shape index (κ1) is 23.9. The molecule has 0 saturated heterocycles. The molecule has 3 heterocycles. The van der Waals surface area contributed by atoms with Crippen LogP contribution >= 0.6 is 34.9 Å². The Morgan fingerprint density at radius 3 is 2.57 bits per heavy atom. The third-order valence-corrected chi connectivity index (χ3v) is 8.94. The lowest BCUT2D eigenvalue weighted by molar-refractivity contribution is 0.0970. The van der Waals surface area contributed by atoms with Crippen LogP contribution in [-0.4, -0.2) is 22.4 Å². The predicted octanol–water partition coefficient (Wildman–Crippen LogP) is 6.55. The molecular formula is C27H18FN3O3S3. The smallest absolute Gasteiger partial charge is 0.297 e. The summed E-state index contributed by atoms with van der Waals surface area (Å²) in [5.74, 6) is -0.379. The number of halogens is 1. The molecule has 1 aliphatic heterocycles. The van der Waals surface area contributed by atoms with Gasteiger partial charge >= 0.3 is 0 Å². The van der Waals surface area contributed by atoms with Gasteiger partial charge in [-0.15, -0.1) is 22.0 Å². The maximum absolute atomic E-state index is 14.0. The van der Waals surface area contributed by atoms with Crippen LogP contribution < -0.4 is 10.3 Å². The summed E-state index contributed by atoms with van der Waals surface area (Å²) < 4.78 is 20.6. The highest BCUT2D eigenvalue weighted by Crippen LogP contribution is 2.43. The van der Waals surface area contributed by atoms with Gasteiger partial charge in [0.1, 0.15) is 11.4 Å². The van der Waals surface area contributed by atoms with Crippen molar-refractivity contribution in [1.82, 2.24) is 10.2 Å². The number of thioether (sulfide) groups is 2. The normalized spacial score (nSPS) is 14.9. The topological polar surface area (TPSA) is 76.3 Å². The van der Waals surface area contributed by atoms with E-state index in [1.54, 1.807) is 11.8 Å². The van der Waals surface area contributed by atoms with Gasteiger partial charge in [-0.05, 0) is 47.7 Å². The summed E-state index contributed by atoms with van der Waals surface area (Å²) >= 11 is 4.40. The fourth-order valence-corrected chi connectivity index (χ4v) is 6.55. The Balaban J connectivity index is 1.45. The van der Waals surface area contributed by atoms with Gasteiger partial charge in [0.25, 0.3) is 5.91 Å². The molecule has 1 atom stereocenters. The summed E-state index contributed by atoms with van der Waals surface area (Å²) in [6.07, 6.45) is 1.97. The van der Waals surface area contributed by atoms with E-state index < -0.39 is 23.2 Å². The molecule has 0 radical (unpaired) electrons. The lowest BCUT2D eigenvalue weighted by atomic mass is 9.99. The van der Waals surface area contributed by atoms with E-state index in [1.165, 1.54) is 40.1 Å². The molecule has 0 N–H and O–H groups in total. The fourth-order valence-electron chi connectivity index (χ4n) is 4.32. The van der Waals surface area contributed by atoms with Crippen LogP contribution in [0, 0.1) is 5.82 Å². The average molecular weight is 548 g/mol. The van der Waals surface area contributed by atoms with Crippen LogP contribution in [0.1, 0.15) is 33.3 Å². The van der Waals surface area contributed by atoms with Gasteiger partial charge in [0.15, 0.2) is 9.77 Å². The molecule has 184 valence electrons. The molecule has 10 heteroatoms. The van der Waals surface area contributed by atoms with E-state index in [1.807, 2.05) is 60.9 Å². The van der Waals surface area contributed by atoms with Gasteiger partial charge in [-0.1, -0.05) is 65.6 Å². The summed E-state index contributed by atoms with van der Waals surface area (Å²) in [4.78, 5) is 29.8. The number of fused-ring (bicyclic) bond motifs is 2. The molecule has 0 bridgehead atoms. The van der Waals surface area contributed by atoms with Gasteiger partial charge < -0.3 is 4.42 Å². The molecule has 1 amide bonds. The monoisotopic (exact) mass is 547 g/mol. The molecule has 0 aliphatic carbocycles. The number of nitrogens with zero attached hydrogens (tertiary/aromatic N) is 3. The number of carbonyl (C=O) groups is 1. The van der Waals surface area contributed by atoms with Crippen molar-refractivity contribution < 1.29 is 13.6 Å². The number of rotatable bonds is 6. The van der Waals surface area contributed by atoms with Gasteiger partial charge in [0.2, 0.25) is 10.9 Å². The average Bonchev–Trinajstić information content (AvgIpc) is 3.51. The van der Waals surface area contributed by atoms with Crippen molar-refractivity contribution >= 4 is 56.9 Å². The molecule has 37 heavy (non-hydrogen) atoms. The Morgan fingerprint density at radius 1 is 1.03 bits per heavy atom. The van der Waals surface area contributed by atoms with Gasteiger partial charge in [-0.3, -0.25) is 14.5 Å². The Bertz CT molecular complexity index is 1690. The first-order valence-corrected chi connectivity index (χ1v) is 14.3. The van der Waals surface area contributed by atoms with E-state index in [-0.39, 0.29) is 22.3 Å². The quantitative estimate of drug-likeness (QED) is 0.176. The van der Waals surface area contributed by atoms with Crippen LogP contribution in [0.25, 0.3) is 11.0 Å². The Kier molecular flexibility index (Phi) is 6.31. The highest BCUT2D eigenvalue weighted by Gasteiger charge is 2.45. The van der Waals surface area contributed by atoms with E-state index in [9.17, 15) is 14.0 Å². The third-order valence-electron chi connectivity index (χ3n) is 6.07. The highest BCUT2D eigenvalue weighted by atomic mass is 32.2. The maximum atomic E-state index is 14.0. The summed E-state index contributed by atoms with van der Waals surface area (Å²) in [5.41, 5.74) is 1.77. The highest BCUT2D eigenvalue weighted by molar-refractivity contribution is 8.00. The van der Waals surface area contributed by atoms with E-state index >= 15 is 0 Å². The Morgan fingerprint density at radius 2 is 1.81 bits per heavy atom. The van der Waals surface area contributed by atoms with Crippen LogP contribution in [0.5, 0.6) is 0 Å². The number of amides is 1. The lowest BCUT2D eigenvalue weighted by Crippen LogP contribution is -2.29. The minimum atomic E-state index is -0.776. The van der Waals surface area contributed by atoms with Gasteiger partial charge in [-0.25, -0.2) is 4.39 Å². The molecule has 6 nitrogen and oxygen atoms in total. The number of aromatic nitrogens is 2. The molecule has 0 fully saturated rings. The van der Waals surface area contributed by atoms with Crippen molar-refractivity contribution in [3.63, 3.8) is 0 Å². The number of carbonyl (C=O) groups excluding carboxylic acids is 1. The Hall–Kier alpha value is -3.47. The molecule has 1 aliphatic rings. The van der Waals surface area contributed by atoms with Crippen molar-refractivity contribution in [2.24, 2.45) is 0 Å². The molecule has 6 rings (SSSR count).